The maximum Gasteiger partial charge on any atom is 0.261 e. The highest BCUT2D eigenvalue weighted by molar-refractivity contribution is 6.04. The van der Waals surface area contributed by atoms with E-state index in [1.54, 1.807) is 6.07 Å². The first-order valence-electron chi connectivity index (χ1n) is 8.02. The molecule has 0 aliphatic heterocycles. The molecule has 1 N–H and O–H groups in total. The Morgan fingerprint density at radius 2 is 1.78 bits per heavy atom. The number of carbonyl (C=O) groups is 1. The molecule has 0 saturated heterocycles. The van der Waals surface area contributed by atoms with Crippen molar-refractivity contribution in [1.82, 2.24) is 4.98 Å². The molecule has 1 heterocycles. The fourth-order valence-electron chi connectivity index (χ4n) is 2.39. The SMILES string of the molecule is COc1cc(C)ccc1Oc1ccc(NC(=O)c2c(F)cccc2F)cn1. The maximum atomic E-state index is 13.7. The van der Waals surface area contributed by atoms with Gasteiger partial charge in [0.1, 0.15) is 17.2 Å². The van der Waals surface area contributed by atoms with Crippen molar-refractivity contribution in [3.8, 4) is 17.4 Å². The topological polar surface area (TPSA) is 60.5 Å². The fourth-order valence-corrected chi connectivity index (χ4v) is 2.39. The number of carbonyl (C=O) groups excluding carboxylic acids is 1. The van der Waals surface area contributed by atoms with Crippen molar-refractivity contribution in [3.05, 3.63) is 77.5 Å². The Morgan fingerprint density at radius 3 is 2.41 bits per heavy atom. The van der Waals surface area contributed by atoms with Gasteiger partial charge in [-0.3, -0.25) is 4.79 Å². The smallest absolute Gasteiger partial charge is 0.261 e. The van der Waals surface area contributed by atoms with Gasteiger partial charge >= 0.3 is 0 Å². The van der Waals surface area contributed by atoms with Crippen molar-refractivity contribution >= 4 is 11.6 Å². The molecular formula is C20H16F2N2O3. The first-order chi connectivity index (χ1) is 13.0. The first-order valence-corrected chi connectivity index (χ1v) is 8.02. The number of hydrogen-bond acceptors (Lipinski definition) is 4. The molecule has 0 radical (unpaired) electrons. The summed E-state index contributed by atoms with van der Waals surface area (Å²) in [4.78, 5) is 16.2. The molecule has 0 fully saturated rings. The van der Waals surface area contributed by atoms with Crippen LogP contribution in [0.25, 0.3) is 0 Å². The molecule has 27 heavy (non-hydrogen) atoms. The zero-order valence-electron chi connectivity index (χ0n) is 14.6. The highest BCUT2D eigenvalue weighted by Gasteiger charge is 2.17. The van der Waals surface area contributed by atoms with Gasteiger partial charge in [-0.15, -0.1) is 0 Å². The van der Waals surface area contributed by atoms with Gasteiger partial charge in [-0.05, 0) is 42.8 Å². The van der Waals surface area contributed by atoms with Gasteiger partial charge < -0.3 is 14.8 Å². The lowest BCUT2D eigenvalue weighted by Gasteiger charge is -2.11. The maximum absolute atomic E-state index is 13.7. The zero-order chi connectivity index (χ0) is 19.4. The van der Waals surface area contributed by atoms with Crippen molar-refractivity contribution in [3.63, 3.8) is 0 Å². The van der Waals surface area contributed by atoms with Crippen molar-refractivity contribution in [2.45, 2.75) is 6.92 Å². The van der Waals surface area contributed by atoms with E-state index in [0.717, 1.165) is 17.7 Å². The van der Waals surface area contributed by atoms with Gasteiger partial charge in [-0.2, -0.15) is 0 Å². The number of nitrogens with zero attached hydrogens (tertiary/aromatic N) is 1. The van der Waals surface area contributed by atoms with Crippen LogP contribution in [0.3, 0.4) is 0 Å². The number of amides is 1. The summed E-state index contributed by atoms with van der Waals surface area (Å²) in [6.45, 7) is 1.93. The molecule has 138 valence electrons. The summed E-state index contributed by atoms with van der Waals surface area (Å²) < 4.78 is 38.3. The summed E-state index contributed by atoms with van der Waals surface area (Å²) in [5.41, 5.74) is 0.638. The van der Waals surface area contributed by atoms with Crippen LogP contribution in [0.4, 0.5) is 14.5 Å². The van der Waals surface area contributed by atoms with Crippen molar-refractivity contribution in [2.75, 3.05) is 12.4 Å². The van der Waals surface area contributed by atoms with E-state index < -0.39 is 23.1 Å². The summed E-state index contributed by atoms with van der Waals surface area (Å²) in [5, 5.41) is 2.40. The Morgan fingerprint density at radius 1 is 1.04 bits per heavy atom. The number of halogens is 2. The fraction of sp³-hybridized carbons (Fsp3) is 0.100. The molecule has 0 aliphatic rings. The van der Waals surface area contributed by atoms with Crippen molar-refractivity contribution < 1.29 is 23.0 Å². The summed E-state index contributed by atoms with van der Waals surface area (Å²) >= 11 is 0. The molecule has 1 aromatic heterocycles. The first kappa shape index (κ1) is 18.3. The molecule has 0 saturated carbocycles. The van der Waals surface area contributed by atoms with Crippen molar-refractivity contribution in [1.29, 1.82) is 0 Å². The highest BCUT2D eigenvalue weighted by Crippen LogP contribution is 2.31. The summed E-state index contributed by atoms with van der Waals surface area (Å²) in [5.74, 6) is -1.46. The molecule has 3 rings (SSSR count). The van der Waals surface area contributed by atoms with Gasteiger partial charge in [0.2, 0.25) is 5.88 Å². The number of nitrogens with one attached hydrogen (secondary N) is 1. The van der Waals surface area contributed by atoms with E-state index in [1.165, 1.54) is 31.5 Å². The van der Waals surface area contributed by atoms with Gasteiger partial charge in [0.15, 0.2) is 11.5 Å². The Hall–Kier alpha value is -3.48. The third kappa shape index (κ3) is 4.20. The molecule has 7 heteroatoms. The molecule has 0 bridgehead atoms. The summed E-state index contributed by atoms with van der Waals surface area (Å²) in [7, 11) is 1.54. The van der Waals surface area contributed by atoms with E-state index in [-0.39, 0.29) is 11.6 Å². The molecule has 1 amide bonds. The van der Waals surface area contributed by atoms with Crippen LogP contribution in [0.2, 0.25) is 0 Å². The van der Waals surface area contributed by atoms with Crippen LogP contribution >= 0.6 is 0 Å². The van der Waals surface area contributed by atoms with Gasteiger partial charge in [-0.1, -0.05) is 12.1 Å². The Bertz CT molecular complexity index is 955. The quantitative estimate of drug-likeness (QED) is 0.706. The van der Waals surface area contributed by atoms with Gasteiger partial charge in [0, 0.05) is 6.07 Å². The Labute approximate surface area is 154 Å². The number of hydrogen-bond donors (Lipinski definition) is 1. The van der Waals surface area contributed by atoms with Crippen LogP contribution in [-0.2, 0) is 0 Å². The number of benzene rings is 2. The number of rotatable bonds is 5. The average molecular weight is 370 g/mol. The lowest BCUT2D eigenvalue weighted by Crippen LogP contribution is -2.15. The molecule has 0 spiro atoms. The molecule has 0 aliphatic carbocycles. The van der Waals surface area contributed by atoms with E-state index in [4.69, 9.17) is 9.47 Å². The largest absolute Gasteiger partial charge is 0.493 e. The molecule has 3 aromatic rings. The minimum Gasteiger partial charge on any atom is -0.493 e. The van der Waals surface area contributed by atoms with E-state index in [1.807, 2.05) is 19.1 Å². The molecule has 0 atom stereocenters. The number of methoxy groups -OCH3 is 1. The number of aryl methyl sites for hydroxylation is 1. The lowest BCUT2D eigenvalue weighted by atomic mass is 10.2. The van der Waals surface area contributed by atoms with Crippen LogP contribution in [-0.4, -0.2) is 18.0 Å². The highest BCUT2D eigenvalue weighted by atomic mass is 19.1. The molecular weight excluding hydrogens is 354 g/mol. The van der Waals surface area contributed by atoms with Crippen LogP contribution in [0, 0.1) is 18.6 Å². The second-order valence-corrected chi connectivity index (χ2v) is 5.69. The van der Waals surface area contributed by atoms with E-state index >= 15 is 0 Å². The normalized spacial score (nSPS) is 10.4. The minimum absolute atomic E-state index is 0.269. The molecule has 0 unspecified atom stereocenters. The Kier molecular flexibility index (Phi) is 5.30. The Balaban J connectivity index is 1.73. The summed E-state index contributed by atoms with van der Waals surface area (Å²) in [6, 6.07) is 11.7. The van der Waals surface area contributed by atoms with Crippen molar-refractivity contribution in [2.24, 2.45) is 0 Å². The number of pyridine rings is 1. The van der Waals surface area contributed by atoms with Gasteiger partial charge in [0.05, 0.1) is 19.0 Å². The van der Waals surface area contributed by atoms with Crippen LogP contribution in [0.5, 0.6) is 17.4 Å². The van der Waals surface area contributed by atoms with Crippen LogP contribution in [0.1, 0.15) is 15.9 Å². The molecule has 2 aromatic carbocycles. The average Bonchev–Trinajstić information content (AvgIpc) is 2.64. The standard InChI is InChI=1S/C20H16F2N2O3/c1-12-6-8-16(17(10-12)26-2)27-18-9-7-13(11-23-18)24-20(25)19-14(21)4-3-5-15(19)22/h3-11H,1-2H3,(H,24,25). The number of ether oxygens (including phenoxy) is 2. The van der Waals surface area contributed by atoms with Crippen LogP contribution < -0.4 is 14.8 Å². The van der Waals surface area contributed by atoms with E-state index in [2.05, 4.69) is 10.3 Å². The van der Waals surface area contributed by atoms with Gasteiger partial charge in [-0.25, -0.2) is 13.8 Å². The predicted octanol–water partition coefficient (Wildman–Crippen LogP) is 4.72. The van der Waals surface area contributed by atoms with E-state index in [0.29, 0.717) is 11.5 Å². The summed E-state index contributed by atoms with van der Waals surface area (Å²) in [6.07, 6.45) is 1.33. The van der Waals surface area contributed by atoms with Gasteiger partial charge in [0.25, 0.3) is 5.91 Å². The minimum atomic E-state index is -0.938. The third-order valence-electron chi connectivity index (χ3n) is 3.72. The second kappa shape index (κ2) is 7.82. The van der Waals surface area contributed by atoms with E-state index in [9.17, 15) is 13.6 Å². The zero-order valence-corrected chi connectivity index (χ0v) is 14.6. The lowest BCUT2D eigenvalue weighted by molar-refractivity contribution is 0.101. The molecule has 5 nitrogen and oxygen atoms in total. The number of aromatic nitrogens is 1. The second-order valence-electron chi connectivity index (χ2n) is 5.69. The predicted molar refractivity (Wildman–Crippen MR) is 96.4 cm³/mol. The van der Waals surface area contributed by atoms with Crippen LogP contribution in [0.15, 0.2) is 54.7 Å². The monoisotopic (exact) mass is 370 g/mol. The number of anilines is 1. The third-order valence-corrected chi connectivity index (χ3v) is 3.72.